The summed E-state index contributed by atoms with van der Waals surface area (Å²) < 4.78 is 42.0. The summed E-state index contributed by atoms with van der Waals surface area (Å²) in [5, 5.41) is 0. The largest absolute Gasteiger partial charge is 2.00 e. The Morgan fingerprint density at radius 3 is 0.417 bits per heavy atom. The summed E-state index contributed by atoms with van der Waals surface area (Å²) in [7, 11) is 10.7. The number of hydrogen-bond acceptors (Lipinski definition) is 9. The fourth-order valence-electron chi connectivity index (χ4n) is 0.671. The van der Waals surface area contributed by atoms with Gasteiger partial charge in [-0.25, -0.2) is 0 Å². The third-order valence-corrected chi connectivity index (χ3v) is 4.02. The van der Waals surface area contributed by atoms with E-state index in [0.717, 1.165) is 0 Å². The zero-order chi connectivity index (χ0) is 17.1. The molecule has 15 heteroatoms. The van der Waals surface area contributed by atoms with Gasteiger partial charge in [0.05, 0.1) is 0 Å². The quantitative estimate of drug-likeness (QED) is 0.252. The summed E-state index contributed by atoms with van der Waals surface area (Å²) in [6.07, 6.45) is 0. The van der Waals surface area contributed by atoms with Crippen LogP contribution in [0.2, 0.25) is 0 Å². The first-order valence-electron chi connectivity index (χ1n) is 5.32. The first kappa shape index (κ1) is 40.6. The Labute approximate surface area is 172 Å². The predicted octanol–water partition coefficient (Wildman–Crippen LogP) is -2.54. The van der Waals surface area contributed by atoms with Crippen molar-refractivity contribution in [2.24, 2.45) is 0 Å². The van der Waals surface area contributed by atoms with E-state index < -0.39 is 25.8 Å². The molecule has 0 unspecified atom stereocenters. The van der Waals surface area contributed by atoms with Crippen molar-refractivity contribution in [1.29, 1.82) is 0 Å². The fraction of sp³-hybridized carbons (Fsp3) is 1.00. The van der Waals surface area contributed by atoms with Crippen LogP contribution in [0.15, 0.2) is 0 Å². The molecule has 0 aliphatic heterocycles. The van der Waals surface area contributed by atoms with Gasteiger partial charge in [0.25, 0.3) is 0 Å². The van der Waals surface area contributed by atoms with E-state index in [-0.39, 0.29) is 41.9 Å². The van der Waals surface area contributed by atoms with Crippen LogP contribution in [-0.4, -0.2) is 64.0 Å². The summed E-state index contributed by atoms with van der Waals surface area (Å²) in [5.41, 5.74) is 0. The number of rotatable bonds is 9. The third kappa shape index (κ3) is 31.8. The topological polar surface area (TPSA) is 83.1 Å². The van der Waals surface area contributed by atoms with E-state index in [1.54, 1.807) is 64.0 Å². The standard InChI is InChI=1S/3C3H9O3P.2ClH.Fe/c3*1-4-7(5-2)6-3;;;/h3*1-3H3;2*1H;/q;;;;;+2/p-2. The normalized spacial score (nSPS) is 9.00. The summed E-state index contributed by atoms with van der Waals surface area (Å²) in [5.74, 6) is 0. The van der Waals surface area contributed by atoms with Crippen molar-refractivity contribution in [2.45, 2.75) is 0 Å². The van der Waals surface area contributed by atoms with E-state index in [0.29, 0.717) is 0 Å². The van der Waals surface area contributed by atoms with E-state index in [9.17, 15) is 0 Å². The molecule has 0 amide bonds. The van der Waals surface area contributed by atoms with Crippen LogP contribution in [0, 0.1) is 0 Å². The number of hydrogen-bond donors (Lipinski definition) is 0. The SMILES string of the molecule is COP(OC)OC.COP(OC)OC.COP(OC)OC.[Cl-].[Cl-].[Fe+2]. The van der Waals surface area contributed by atoms with Crippen molar-refractivity contribution in [2.75, 3.05) is 64.0 Å². The monoisotopic (exact) mass is 498 g/mol. The van der Waals surface area contributed by atoms with Gasteiger partial charge in [0.1, 0.15) is 0 Å². The molecule has 9 nitrogen and oxygen atoms in total. The summed E-state index contributed by atoms with van der Waals surface area (Å²) >= 11 is 0. The molecule has 0 N–H and O–H groups in total. The van der Waals surface area contributed by atoms with Crippen molar-refractivity contribution >= 4 is 25.8 Å². The van der Waals surface area contributed by atoms with Crippen LogP contribution in [-0.2, 0) is 57.8 Å². The minimum atomic E-state index is -1.05. The van der Waals surface area contributed by atoms with Crippen molar-refractivity contribution < 1.29 is 82.6 Å². The molecule has 0 aromatic heterocycles. The van der Waals surface area contributed by atoms with Crippen LogP contribution in [0.3, 0.4) is 0 Å². The van der Waals surface area contributed by atoms with E-state index in [1.807, 2.05) is 0 Å². The summed E-state index contributed by atoms with van der Waals surface area (Å²) in [6, 6.07) is 0. The van der Waals surface area contributed by atoms with Crippen molar-refractivity contribution in [3.05, 3.63) is 0 Å². The Hall–Kier alpha value is 2.03. The van der Waals surface area contributed by atoms with E-state index in [4.69, 9.17) is 0 Å². The Morgan fingerprint density at radius 1 is 0.333 bits per heavy atom. The second-order valence-corrected chi connectivity index (χ2v) is 6.94. The first-order chi connectivity index (χ1) is 10.0. The minimum Gasteiger partial charge on any atom is -1.00 e. The number of halogens is 2. The molecule has 0 radical (unpaired) electrons. The molecule has 24 heavy (non-hydrogen) atoms. The molecule has 0 heterocycles. The van der Waals surface area contributed by atoms with Crippen LogP contribution < -0.4 is 24.8 Å². The average Bonchev–Trinajstić information content (AvgIpc) is 2.54. The molecule has 0 atom stereocenters. The zero-order valence-corrected chi connectivity index (χ0v) is 20.4. The first-order valence-corrected chi connectivity index (χ1v) is 8.60. The minimum absolute atomic E-state index is 0. The van der Waals surface area contributed by atoms with Crippen molar-refractivity contribution in [3.8, 4) is 0 Å². The molecule has 0 aliphatic carbocycles. The molecule has 0 fully saturated rings. The molecule has 154 valence electrons. The van der Waals surface area contributed by atoms with E-state index in [1.165, 1.54) is 0 Å². The Kier molecular flexibility index (Phi) is 61.0. The van der Waals surface area contributed by atoms with Gasteiger partial charge in [-0.15, -0.1) is 0 Å². The van der Waals surface area contributed by atoms with Crippen LogP contribution in [0.25, 0.3) is 0 Å². The van der Waals surface area contributed by atoms with Crippen LogP contribution in [0.5, 0.6) is 0 Å². The third-order valence-electron chi connectivity index (χ3n) is 1.34. The smallest absolute Gasteiger partial charge is 1.00 e. The van der Waals surface area contributed by atoms with Crippen molar-refractivity contribution in [3.63, 3.8) is 0 Å². The van der Waals surface area contributed by atoms with Crippen molar-refractivity contribution in [1.82, 2.24) is 0 Å². The molecule has 0 rings (SSSR count). The maximum atomic E-state index is 4.67. The van der Waals surface area contributed by atoms with Gasteiger partial charge in [-0.3, -0.25) is 0 Å². The van der Waals surface area contributed by atoms with E-state index in [2.05, 4.69) is 40.7 Å². The molecular formula is C9H27Cl2FeO9P3. The molecule has 0 aromatic carbocycles. The van der Waals surface area contributed by atoms with Crippen LogP contribution >= 0.6 is 25.8 Å². The fourth-order valence-corrected chi connectivity index (χ4v) is 2.01. The molecule has 0 saturated heterocycles. The van der Waals surface area contributed by atoms with Gasteiger partial charge in [-0.1, -0.05) is 0 Å². The van der Waals surface area contributed by atoms with Gasteiger partial charge in [0.2, 0.25) is 0 Å². The second-order valence-electron chi connectivity index (χ2n) is 2.31. The van der Waals surface area contributed by atoms with Crippen LogP contribution in [0.4, 0.5) is 0 Å². The predicted molar refractivity (Wildman–Crippen MR) is 83.8 cm³/mol. The zero-order valence-electron chi connectivity index (χ0n) is 15.1. The Balaban J connectivity index is -0.0000000476. The Bertz CT molecular complexity index is 139. The van der Waals surface area contributed by atoms with Gasteiger partial charge < -0.3 is 65.5 Å². The summed E-state index contributed by atoms with van der Waals surface area (Å²) in [4.78, 5) is 0. The second kappa shape index (κ2) is 36.0. The van der Waals surface area contributed by atoms with Gasteiger partial charge in [-0.2, -0.15) is 0 Å². The molecular weight excluding hydrogens is 472 g/mol. The van der Waals surface area contributed by atoms with Gasteiger partial charge >= 0.3 is 42.9 Å². The average molecular weight is 499 g/mol. The van der Waals surface area contributed by atoms with Gasteiger partial charge in [0, 0.05) is 64.0 Å². The molecule has 0 aromatic rings. The summed E-state index contributed by atoms with van der Waals surface area (Å²) in [6.45, 7) is 0. The van der Waals surface area contributed by atoms with E-state index >= 15 is 0 Å². The van der Waals surface area contributed by atoms with Gasteiger partial charge in [0.15, 0.2) is 0 Å². The molecule has 0 bridgehead atoms. The maximum absolute atomic E-state index is 4.67. The van der Waals surface area contributed by atoms with Gasteiger partial charge in [-0.05, 0) is 0 Å². The maximum Gasteiger partial charge on any atom is 2.00 e. The Morgan fingerprint density at radius 2 is 0.417 bits per heavy atom. The van der Waals surface area contributed by atoms with Crippen LogP contribution in [0.1, 0.15) is 0 Å². The molecule has 0 spiro atoms. The molecule has 0 saturated carbocycles. The molecule has 0 aliphatic rings.